The molecule has 21 heavy (non-hydrogen) atoms. The van der Waals surface area contributed by atoms with E-state index >= 15 is 0 Å². The number of halogens is 1. The molecule has 0 bridgehead atoms. The van der Waals surface area contributed by atoms with E-state index in [-0.39, 0.29) is 11.3 Å². The first-order valence-corrected chi connectivity index (χ1v) is 6.49. The summed E-state index contributed by atoms with van der Waals surface area (Å²) in [4.78, 5) is 21.8. The SMILES string of the molecule is CC(=O)c1cc(Oc2cc(Cl)ccc2C)ccc1[N+](=O)[O-]. The summed E-state index contributed by atoms with van der Waals surface area (Å²) in [5, 5.41) is 11.4. The summed E-state index contributed by atoms with van der Waals surface area (Å²) in [6.07, 6.45) is 0. The Bertz CT molecular complexity index is 728. The fraction of sp³-hybridized carbons (Fsp3) is 0.133. The van der Waals surface area contributed by atoms with E-state index in [2.05, 4.69) is 0 Å². The van der Waals surface area contributed by atoms with Crippen molar-refractivity contribution in [1.82, 2.24) is 0 Å². The zero-order valence-corrected chi connectivity index (χ0v) is 12.2. The van der Waals surface area contributed by atoms with Crippen LogP contribution in [0.3, 0.4) is 0 Å². The maximum absolute atomic E-state index is 11.5. The van der Waals surface area contributed by atoms with Crippen molar-refractivity contribution in [3.05, 3.63) is 62.7 Å². The van der Waals surface area contributed by atoms with E-state index in [0.717, 1.165) is 5.56 Å². The Morgan fingerprint density at radius 2 is 1.95 bits per heavy atom. The third-order valence-corrected chi connectivity index (χ3v) is 3.16. The molecule has 0 aliphatic heterocycles. The van der Waals surface area contributed by atoms with Gasteiger partial charge in [0.05, 0.1) is 10.5 Å². The number of carbonyl (C=O) groups is 1. The zero-order valence-electron chi connectivity index (χ0n) is 11.4. The Kier molecular flexibility index (Phi) is 4.23. The molecule has 0 heterocycles. The maximum atomic E-state index is 11.5. The highest BCUT2D eigenvalue weighted by Gasteiger charge is 2.18. The van der Waals surface area contributed by atoms with Crippen molar-refractivity contribution in [2.24, 2.45) is 0 Å². The topological polar surface area (TPSA) is 69.4 Å². The van der Waals surface area contributed by atoms with Crippen LogP contribution >= 0.6 is 11.6 Å². The van der Waals surface area contributed by atoms with Gasteiger partial charge < -0.3 is 4.74 Å². The van der Waals surface area contributed by atoms with Gasteiger partial charge in [0.2, 0.25) is 0 Å². The van der Waals surface area contributed by atoms with Crippen molar-refractivity contribution in [2.45, 2.75) is 13.8 Å². The summed E-state index contributed by atoms with van der Waals surface area (Å²) in [6.45, 7) is 3.12. The predicted molar refractivity (Wildman–Crippen MR) is 79.4 cm³/mol. The van der Waals surface area contributed by atoms with E-state index in [1.54, 1.807) is 18.2 Å². The lowest BCUT2D eigenvalue weighted by atomic mass is 10.1. The van der Waals surface area contributed by atoms with E-state index in [4.69, 9.17) is 16.3 Å². The van der Waals surface area contributed by atoms with Crippen LogP contribution in [-0.2, 0) is 0 Å². The summed E-state index contributed by atoms with van der Waals surface area (Å²) >= 11 is 5.91. The van der Waals surface area contributed by atoms with Crippen molar-refractivity contribution < 1.29 is 14.5 Å². The highest BCUT2D eigenvalue weighted by atomic mass is 35.5. The molecule has 2 aromatic carbocycles. The molecular formula is C15H12ClNO4. The molecule has 0 unspecified atom stereocenters. The van der Waals surface area contributed by atoms with Crippen molar-refractivity contribution in [2.75, 3.05) is 0 Å². The molecule has 0 aliphatic carbocycles. The Hall–Kier alpha value is -2.40. The molecule has 2 rings (SSSR count). The Morgan fingerprint density at radius 3 is 2.57 bits per heavy atom. The molecule has 0 amide bonds. The van der Waals surface area contributed by atoms with E-state index in [9.17, 15) is 14.9 Å². The summed E-state index contributed by atoms with van der Waals surface area (Å²) in [5.74, 6) is 0.483. The number of benzene rings is 2. The summed E-state index contributed by atoms with van der Waals surface area (Å²) in [5.41, 5.74) is 0.636. The molecule has 0 aliphatic rings. The number of hydrogen-bond donors (Lipinski definition) is 0. The summed E-state index contributed by atoms with van der Waals surface area (Å²) in [6, 6.07) is 9.25. The van der Waals surface area contributed by atoms with Crippen LogP contribution in [0.4, 0.5) is 5.69 Å². The largest absolute Gasteiger partial charge is 0.457 e. The molecule has 0 radical (unpaired) electrons. The molecular weight excluding hydrogens is 294 g/mol. The standard InChI is InChI=1S/C15H12ClNO4/c1-9-3-4-11(16)7-15(9)21-12-5-6-14(17(19)20)13(8-12)10(2)18/h3-8H,1-2H3. The average Bonchev–Trinajstić information content (AvgIpc) is 2.42. The van der Waals surface area contributed by atoms with Crippen LogP contribution in [-0.4, -0.2) is 10.7 Å². The molecule has 0 fully saturated rings. The van der Waals surface area contributed by atoms with Gasteiger partial charge in [-0.2, -0.15) is 0 Å². The van der Waals surface area contributed by atoms with E-state index in [1.165, 1.54) is 25.1 Å². The monoisotopic (exact) mass is 305 g/mol. The lowest BCUT2D eigenvalue weighted by Gasteiger charge is -2.10. The van der Waals surface area contributed by atoms with Crippen molar-refractivity contribution in [1.29, 1.82) is 0 Å². The third-order valence-electron chi connectivity index (χ3n) is 2.92. The van der Waals surface area contributed by atoms with Crippen LogP contribution in [0.25, 0.3) is 0 Å². The van der Waals surface area contributed by atoms with Gasteiger partial charge in [-0.25, -0.2) is 0 Å². The number of hydrogen-bond acceptors (Lipinski definition) is 4. The van der Waals surface area contributed by atoms with E-state index < -0.39 is 10.7 Å². The highest BCUT2D eigenvalue weighted by Crippen LogP contribution is 2.31. The van der Waals surface area contributed by atoms with Crippen LogP contribution < -0.4 is 4.74 Å². The second-order valence-corrected chi connectivity index (χ2v) is 4.94. The van der Waals surface area contributed by atoms with Crippen molar-refractivity contribution >= 4 is 23.1 Å². The third kappa shape index (κ3) is 3.38. The molecule has 0 aromatic heterocycles. The molecule has 108 valence electrons. The predicted octanol–water partition coefficient (Wildman–Crippen LogP) is 4.55. The van der Waals surface area contributed by atoms with Gasteiger partial charge in [-0.05, 0) is 43.7 Å². The molecule has 6 heteroatoms. The number of ether oxygens (including phenoxy) is 1. The lowest BCUT2D eigenvalue weighted by molar-refractivity contribution is -0.385. The minimum absolute atomic E-state index is 0.0113. The highest BCUT2D eigenvalue weighted by molar-refractivity contribution is 6.30. The van der Waals surface area contributed by atoms with Gasteiger partial charge in [-0.15, -0.1) is 0 Å². The number of Topliss-reactive ketones (excluding diaryl/α,β-unsaturated/α-hetero) is 1. The Morgan fingerprint density at radius 1 is 1.24 bits per heavy atom. The number of nitrogens with zero attached hydrogens (tertiary/aromatic N) is 1. The minimum Gasteiger partial charge on any atom is -0.457 e. The summed E-state index contributed by atoms with van der Waals surface area (Å²) in [7, 11) is 0. The van der Waals surface area contributed by atoms with Crippen molar-refractivity contribution in [3.63, 3.8) is 0 Å². The maximum Gasteiger partial charge on any atom is 0.280 e. The molecule has 0 atom stereocenters. The van der Waals surface area contributed by atoms with Crippen LogP contribution in [0.1, 0.15) is 22.8 Å². The van der Waals surface area contributed by atoms with E-state index in [0.29, 0.717) is 16.5 Å². The molecule has 0 saturated carbocycles. The van der Waals surface area contributed by atoms with Crippen LogP contribution in [0.15, 0.2) is 36.4 Å². The number of nitro groups is 1. The lowest BCUT2D eigenvalue weighted by Crippen LogP contribution is -2.00. The minimum atomic E-state index is -0.592. The van der Waals surface area contributed by atoms with Gasteiger partial charge in [-0.3, -0.25) is 14.9 Å². The first-order chi connectivity index (χ1) is 9.88. The van der Waals surface area contributed by atoms with Gasteiger partial charge >= 0.3 is 0 Å². The first-order valence-electron chi connectivity index (χ1n) is 6.12. The van der Waals surface area contributed by atoms with Crippen LogP contribution in [0.2, 0.25) is 5.02 Å². The number of aryl methyl sites for hydroxylation is 1. The van der Waals surface area contributed by atoms with Gasteiger partial charge in [0.1, 0.15) is 11.5 Å². The second kappa shape index (κ2) is 5.93. The van der Waals surface area contributed by atoms with Gasteiger partial charge in [0, 0.05) is 11.1 Å². The Balaban J connectivity index is 2.41. The molecule has 0 N–H and O–H groups in total. The molecule has 2 aromatic rings. The van der Waals surface area contributed by atoms with E-state index in [1.807, 2.05) is 6.92 Å². The van der Waals surface area contributed by atoms with Crippen molar-refractivity contribution in [3.8, 4) is 11.5 Å². The quantitative estimate of drug-likeness (QED) is 0.472. The Labute approximate surface area is 126 Å². The number of rotatable bonds is 4. The van der Waals surface area contributed by atoms with Crippen LogP contribution in [0.5, 0.6) is 11.5 Å². The molecule has 0 spiro atoms. The molecule has 0 saturated heterocycles. The zero-order chi connectivity index (χ0) is 15.6. The fourth-order valence-electron chi connectivity index (χ4n) is 1.83. The second-order valence-electron chi connectivity index (χ2n) is 4.50. The number of nitro benzene ring substituents is 1. The first kappa shape index (κ1) is 15.0. The normalized spacial score (nSPS) is 10.2. The summed E-state index contributed by atoms with van der Waals surface area (Å²) < 4.78 is 5.66. The smallest absolute Gasteiger partial charge is 0.280 e. The van der Waals surface area contributed by atoms with Gasteiger partial charge in [-0.1, -0.05) is 17.7 Å². The average molecular weight is 306 g/mol. The number of carbonyl (C=O) groups excluding carboxylic acids is 1. The molecule has 5 nitrogen and oxygen atoms in total. The fourth-order valence-corrected chi connectivity index (χ4v) is 1.99. The number of ketones is 1. The van der Waals surface area contributed by atoms with Crippen LogP contribution in [0, 0.1) is 17.0 Å². The van der Waals surface area contributed by atoms with Gasteiger partial charge in [0.25, 0.3) is 5.69 Å². The van der Waals surface area contributed by atoms with Gasteiger partial charge in [0.15, 0.2) is 5.78 Å².